The number of halogens is 1. The van der Waals surface area contributed by atoms with Crippen LogP contribution in [0.2, 0.25) is 5.02 Å². The van der Waals surface area contributed by atoms with Crippen molar-refractivity contribution in [3.8, 4) is 5.75 Å². The fourth-order valence-electron chi connectivity index (χ4n) is 2.20. The number of aliphatic carboxylic acids is 2. The summed E-state index contributed by atoms with van der Waals surface area (Å²) in [5.74, 6) is -2.84. The number of nitrogens with zero attached hydrogens (tertiary/aromatic N) is 1. The van der Waals surface area contributed by atoms with Gasteiger partial charge in [0.2, 0.25) is 0 Å². The molecule has 0 amide bonds. The first-order chi connectivity index (χ1) is 10.9. The molecule has 1 heterocycles. The molecule has 0 bridgehead atoms. The minimum Gasteiger partial charge on any atom is -0.492 e. The number of aryl methyl sites for hydroxylation is 1. The average Bonchev–Trinajstić information content (AvgIpc) is 2.99. The molecule has 2 N–H and O–H groups in total. The van der Waals surface area contributed by atoms with Gasteiger partial charge in [0, 0.05) is 6.54 Å². The number of likely N-dealkylation sites (tertiary alicyclic amines) is 1. The van der Waals surface area contributed by atoms with Crippen LogP contribution in [0, 0.1) is 6.92 Å². The number of hydrogen-bond acceptors (Lipinski definition) is 4. The van der Waals surface area contributed by atoms with Gasteiger partial charge in [-0.3, -0.25) is 0 Å². The Labute approximate surface area is 140 Å². The van der Waals surface area contributed by atoms with Crippen molar-refractivity contribution in [2.75, 3.05) is 26.2 Å². The van der Waals surface area contributed by atoms with Crippen LogP contribution in [0.5, 0.6) is 5.75 Å². The van der Waals surface area contributed by atoms with Crippen molar-refractivity contribution >= 4 is 23.5 Å². The van der Waals surface area contributed by atoms with Crippen molar-refractivity contribution in [1.29, 1.82) is 0 Å². The monoisotopic (exact) mass is 343 g/mol. The molecule has 0 aliphatic carbocycles. The Hall–Kier alpha value is -1.79. The molecule has 0 atom stereocenters. The maximum Gasteiger partial charge on any atom is 0.414 e. The largest absolute Gasteiger partial charge is 0.492 e. The van der Waals surface area contributed by atoms with Crippen LogP contribution >= 0.6 is 11.6 Å². The van der Waals surface area contributed by atoms with E-state index in [0.29, 0.717) is 5.02 Å². The lowest BCUT2D eigenvalue weighted by atomic mass is 10.2. The second-order valence-corrected chi connectivity index (χ2v) is 5.70. The van der Waals surface area contributed by atoms with Gasteiger partial charge in [0.15, 0.2) is 0 Å². The number of ether oxygens (including phenoxy) is 1. The Morgan fingerprint density at radius 1 is 1.22 bits per heavy atom. The molecule has 0 spiro atoms. The molecular formula is C16H22ClNO5. The number of carboxylic acid groups (broad SMARTS) is 2. The summed E-state index contributed by atoms with van der Waals surface area (Å²) in [5.41, 5.74) is 1.17. The van der Waals surface area contributed by atoms with E-state index < -0.39 is 11.9 Å². The molecule has 1 aliphatic heterocycles. The van der Waals surface area contributed by atoms with Gasteiger partial charge in [-0.25, -0.2) is 9.59 Å². The molecular weight excluding hydrogens is 322 g/mol. The summed E-state index contributed by atoms with van der Waals surface area (Å²) in [6, 6.07) is 5.92. The molecule has 0 radical (unpaired) electrons. The predicted octanol–water partition coefficient (Wildman–Crippen LogP) is 2.67. The third-order valence-corrected chi connectivity index (χ3v) is 3.64. The van der Waals surface area contributed by atoms with E-state index in [-0.39, 0.29) is 0 Å². The quantitative estimate of drug-likeness (QED) is 0.631. The SMILES string of the molecule is Cc1ccc(OCCCN2CCCC2)c(Cl)c1.O=C(O)C(=O)O. The third kappa shape index (κ3) is 7.85. The van der Waals surface area contributed by atoms with Gasteiger partial charge in [0.25, 0.3) is 0 Å². The van der Waals surface area contributed by atoms with Gasteiger partial charge in [-0.15, -0.1) is 0 Å². The van der Waals surface area contributed by atoms with E-state index in [1.807, 2.05) is 25.1 Å². The molecule has 2 rings (SSSR count). The number of benzene rings is 1. The molecule has 7 heteroatoms. The first-order valence-corrected chi connectivity index (χ1v) is 7.85. The summed E-state index contributed by atoms with van der Waals surface area (Å²) in [4.78, 5) is 20.7. The maximum absolute atomic E-state index is 9.10. The Bertz CT molecular complexity index is 517. The number of carboxylic acids is 2. The first-order valence-electron chi connectivity index (χ1n) is 7.47. The number of rotatable bonds is 5. The molecule has 0 unspecified atom stereocenters. The lowest BCUT2D eigenvalue weighted by molar-refractivity contribution is -0.159. The van der Waals surface area contributed by atoms with Gasteiger partial charge >= 0.3 is 11.9 Å². The van der Waals surface area contributed by atoms with Crippen LogP contribution in [-0.4, -0.2) is 53.3 Å². The van der Waals surface area contributed by atoms with Crippen LogP contribution in [0.1, 0.15) is 24.8 Å². The molecule has 1 fully saturated rings. The highest BCUT2D eigenvalue weighted by Crippen LogP contribution is 2.25. The Kier molecular flexibility index (Phi) is 8.43. The topological polar surface area (TPSA) is 87.1 Å². The molecule has 128 valence electrons. The smallest absolute Gasteiger partial charge is 0.414 e. The van der Waals surface area contributed by atoms with Crippen LogP contribution < -0.4 is 4.74 Å². The normalized spacial score (nSPS) is 14.0. The standard InChI is InChI=1S/C14H20ClNO.C2H2O4/c1-12-5-6-14(13(15)11-12)17-10-4-9-16-7-2-3-8-16;3-1(4)2(5)6/h5-6,11H,2-4,7-10H2,1H3;(H,3,4)(H,5,6). The Morgan fingerprint density at radius 2 is 1.83 bits per heavy atom. The van der Waals surface area contributed by atoms with E-state index in [1.165, 1.54) is 31.5 Å². The van der Waals surface area contributed by atoms with E-state index in [1.54, 1.807) is 0 Å². The van der Waals surface area contributed by atoms with Crippen LogP contribution in [0.3, 0.4) is 0 Å². The maximum atomic E-state index is 9.10. The van der Waals surface area contributed by atoms with Crippen LogP contribution in [0.4, 0.5) is 0 Å². The molecule has 0 saturated carbocycles. The van der Waals surface area contributed by atoms with Gasteiger partial charge < -0.3 is 19.8 Å². The fraction of sp³-hybridized carbons (Fsp3) is 0.500. The zero-order valence-corrected chi connectivity index (χ0v) is 13.9. The first kappa shape index (κ1) is 19.3. The average molecular weight is 344 g/mol. The van der Waals surface area contributed by atoms with Crippen molar-refractivity contribution in [3.05, 3.63) is 28.8 Å². The van der Waals surface area contributed by atoms with Crippen molar-refractivity contribution in [1.82, 2.24) is 4.90 Å². The lowest BCUT2D eigenvalue weighted by Gasteiger charge is -2.14. The summed E-state index contributed by atoms with van der Waals surface area (Å²) >= 11 is 6.10. The summed E-state index contributed by atoms with van der Waals surface area (Å²) in [6.45, 7) is 6.43. The molecule has 1 saturated heterocycles. The molecule has 1 aliphatic rings. The second-order valence-electron chi connectivity index (χ2n) is 5.29. The van der Waals surface area contributed by atoms with Crippen molar-refractivity contribution in [2.24, 2.45) is 0 Å². The third-order valence-electron chi connectivity index (χ3n) is 3.35. The minimum absolute atomic E-state index is 0.714. The summed E-state index contributed by atoms with van der Waals surface area (Å²) in [5, 5.41) is 15.5. The number of hydrogen-bond donors (Lipinski definition) is 2. The Morgan fingerprint density at radius 3 is 2.35 bits per heavy atom. The van der Waals surface area contributed by atoms with Crippen molar-refractivity contribution in [3.63, 3.8) is 0 Å². The molecule has 1 aromatic rings. The van der Waals surface area contributed by atoms with E-state index in [9.17, 15) is 0 Å². The van der Waals surface area contributed by atoms with Crippen LogP contribution in [0.15, 0.2) is 18.2 Å². The van der Waals surface area contributed by atoms with E-state index in [4.69, 9.17) is 36.1 Å². The summed E-state index contributed by atoms with van der Waals surface area (Å²) in [7, 11) is 0. The fourth-order valence-corrected chi connectivity index (χ4v) is 2.49. The molecule has 1 aromatic carbocycles. The van der Waals surface area contributed by atoms with Crippen LogP contribution in [-0.2, 0) is 9.59 Å². The van der Waals surface area contributed by atoms with Crippen molar-refractivity contribution in [2.45, 2.75) is 26.2 Å². The summed E-state index contributed by atoms with van der Waals surface area (Å²) < 4.78 is 5.69. The zero-order valence-electron chi connectivity index (χ0n) is 13.1. The van der Waals surface area contributed by atoms with E-state index in [2.05, 4.69) is 4.90 Å². The van der Waals surface area contributed by atoms with Gasteiger partial charge in [-0.1, -0.05) is 17.7 Å². The highest BCUT2D eigenvalue weighted by molar-refractivity contribution is 6.32. The van der Waals surface area contributed by atoms with Crippen LogP contribution in [0.25, 0.3) is 0 Å². The molecule has 23 heavy (non-hydrogen) atoms. The highest BCUT2D eigenvalue weighted by atomic mass is 35.5. The zero-order chi connectivity index (χ0) is 17.2. The molecule has 6 nitrogen and oxygen atoms in total. The second kappa shape index (κ2) is 10.1. The van der Waals surface area contributed by atoms with Gasteiger partial charge in [0.1, 0.15) is 5.75 Å². The minimum atomic E-state index is -1.82. The molecule has 0 aromatic heterocycles. The van der Waals surface area contributed by atoms with Gasteiger partial charge in [0.05, 0.1) is 11.6 Å². The van der Waals surface area contributed by atoms with Gasteiger partial charge in [-0.05, 0) is 57.0 Å². The highest BCUT2D eigenvalue weighted by Gasteiger charge is 2.10. The number of carbonyl (C=O) groups is 2. The van der Waals surface area contributed by atoms with E-state index in [0.717, 1.165) is 25.3 Å². The Balaban J connectivity index is 0.000000379. The lowest BCUT2D eigenvalue weighted by Crippen LogP contribution is -2.21. The van der Waals surface area contributed by atoms with Gasteiger partial charge in [-0.2, -0.15) is 0 Å². The predicted molar refractivity (Wildman–Crippen MR) is 87.2 cm³/mol. The van der Waals surface area contributed by atoms with Crippen molar-refractivity contribution < 1.29 is 24.5 Å². The van der Waals surface area contributed by atoms with E-state index >= 15 is 0 Å². The summed E-state index contributed by atoms with van der Waals surface area (Å²) in [6.07, 6.45) is 3.78.